The molecule has 0 unspecified atom stereocenters. The first-order valence-corrected chi connectivity index (χ1v) is 7.12. The van der Waals surface area contributed by atoms with Gasteiger partial charge in [0.15, 0.2) is 5.78 Å². The summed E-state index contributed by atoms with van der Waals surface area (Å²) in [5.74, 6) is 0.0449. The van der Waals surface area contributed by atoms with Crippen molar-refractivity contribution in [3.63, 3.8) is 0 Å². The fourth-order valence-electron chi connectivity index (χ4n) is 2.91. The number of nitrogens with two attached hydrogens (primary N) is 1. The van der Waals surface area contributed by atoms with Crippen molar-refractivity contribution in [3.8, 4) is 11.1 Å². The average molecular weight is 324 g/mol. The van der Waals surface area contributed by atoms with Crippen LogP contribution in [0.1, 0.15) is 15.9 Å². The van der Waals surface area contributed by atoms with Crippen LogP contribution in [0.25, 0.3) is 21.9 Å². The van der Waals surface area contributed by atoms with Gasteiger partial charge < -0.3 is 5.73 Å². The van der Waals surface area contributed by atoms with E-state index < -0.39 is 0 Å². The zero-order chi connectivity index (χ0) is 13.9. The highest BCUT2D eigenvalue weighted by Crippen LogP contribution is 2.42. The molecule has 0 atom stereocenters. The largest absolute Gasteiger partial charge is 0.399 e. The molecule has 3 heteroatoms. The van der Waals surface area contributed by atoms with Crippen molar-refractivity contribution in [2.45, 2.75) is 0 Å². The van der Waals surface area contributed by atoms with Crippen molar-refractivity contribution in [1.29, 1.82) is 0 Å². The maximum absolute atomic E-state index is 12.7. The normalized spacial score (nSPS) is 12.6. The molecule has 0 amide bonds. The Balaban J connectivity index is 2.24. The van der Waals surface area contributed by atoms with Gasteiger partial charge in [0.05, 0.1) is 0 Å². The summed E-state index contributed by atoms with van der Waals surface area (Å²) in [5.41, 5.74) is 9.93. The van der Waals surface area contributed by atoms with Crippen LogP contribution in [0.4, 0.5) is 5.69 Å². The molecule has 0 aromatic heterocycles. The number of carbonyl (C=O) groups is 1. The van der Waals surface area contributed by atoms with Gasteiger partial charge in [0.25, 0.3) is 0 Å². The molecule has 96 valence electrons. The molecule has 1 aliphatic rings. The molecule has 0 aliphatic heterocycles. The molecule has 0 spiro atoms. The van der Waals surface area contributed by atoms with Gasteiger partial charge in [0, 0.05) is 26.7 Å². The highest BCUT2D eigenvalue weighted by atomic mass is 79.9. The van der Waals surface area contributed by atoms with E-state index in [9.17, 15) is 4.79 Å². The molecule has 2 N–H and O–H groups in total. The maximum Gasteiger partial charge on any atom is 0.194 e. The molecule has 0 radical (unpaired) electrons. The number of carbonyl (C=O) groups excluding carboxylic acids is 1. The van der Waals surface area contributed by atoms with Crippen LogP contribution < -0.4 is 5.73 Å². The Labute approximate surface area is 124 Å². The zero-order valence-electron chi connectivity index (χ0n) is 10.5. The van der Waals surface area contributed by atoms with Crippen LogP contribution in [0.3, 0.4) is 0 Å². The third kappa shape index (κ3) is 1.41. The lowest BCUT2D eigenvalue weighted by Gasteiger charge is -2.20. The van der Waals surface area contributed by atoms with Gasteiger partial charge in [-0.1, -0.05) is 46.3 Å². The molecule has 1 aliphatic carbocycles. The van der Waals surface area contributed by atoms with Crippen LogP contribution in [0, 0.1) is 0 Å². The van der Waals surface area contributed by atoms with Crippen LogP contribution in [0.5, 0.6) is 0 Å². The molecule has 0 bridgehead atoms. The van der Waals surface area contributed by atoms with E-state index >= 15 is 0 Å². The topological polar surface area (TPSA) is 43.1 Å². The number of halogens is 1. The van der Waals surface area contributed by atoms with E-state index in [4.69, 9.17) is 5.73 Å². The van der Waals surface area contributed by atoms with Gasteiger partial charge >= 0.3 is 0 Å². The standard InChI is InChI=1S/C17H10BrNO/c18-15-7-6-11-10-5-4-9(19)8-14(10)17(20)13-3-1-2-12(15)16(11)13/h1-8H,19H2. The summed E-state index contributed by atoms with van der Waals surface area (Å²) in [6, 6.07) is 15.4. The number of anilines is 1. The van der Waals surface area contributed by atoms with E-state index in [0.29, 0.717) is 11.3 Å². The number of ketones is 1. The van der Waals surface area contributed by atoms with Crippen molar-refractivity contribution in [1.82, 2.24) is 0 Å². The Morgan fingerprint density at radius 1 is 0.850 bits per heavy atom. The average Bonchev–Trinajstić information content (AvgIpc) is 2.46. The third-order valence-corrected chi connectivity index (χ3v) is 4.50. The van der Waals surface area contributed by atoms with Crippen LogP contribution in [0.15, 0.2) is 53.0 Å². The van der Waals surface area contributed by atoms with Crippen molar-refractivity contribution in [2.24, 2.45) is 0 Å². The first-order valence-electron chi connectivity index (χ1n) is 6.32. The van der Waals surface area contributed by atoms with Crippen molar-refractivity contribution >= 4 is 38.2 Å². The number of hydrogen-bond acceptors (Lipinski definition) is 2. The number of hydrogen-bond donors (Lipinski definition) is 1. The maximum atomic E-state index is 12.7. The molecule has 3 aromatic carbocycles. The summed E-state index contributed by atoms with van der Waals surface area (Å²) in [6.45, 7) is 0. The predicted octanol–water partition coefficient (Wildman–Crippen LogP) is 4.40. The Kier molecular flexibility index (Phi) is 2.30. The molecule has 2 nitrogen and oxygen atoms in total. The van der Waals surface area contributed by atoms with Crippen LogP contribution in [0.2, 0.25) is 0 Å². The van der Waals surface area contributed by atoms with Gasteiger partial charge in [0.2, 0.25) is 0 Å². The minimum absolute atomic E-state index is 0.0449. The quantitative estimate of drug-likeness (QED) is 0.487. The number of nitrogen functional groups attached to an aromatic ring is 1. The fourth-order valence-corrected chi connectivity index (χ4v) is 3.38. The number of fused-ring (bicyclic) bond motifs is 2. The summed E-state index contributed by atoms with van der Waals surface area (Å²) in [4.78, 5) is 12.7. The van der Waals surface area contributed by atoms with Gasteiger partial charge in [-0.3, -0.25) is 4.79 Å². The first-order chi connectivity index (χ1) is 9.66. The van der Waals surface area contributed by atoms with Gasteiger partial charge in [0.1, 0.15) is 0 Å². The Morgan fingerprint density at radius 3 is 2.50 bits per heavy atom. The van der Waals surface area contributed by atoms with Gasteiger partial charge in [-0.25, -0.2) is 0 Å². The summed E-state index contributed by atoms with van der Waals surface area (Å²) >= 11 is 3.56. The lowest BCUT2D eigenvalue weighted by molar-refractivity contribution is 0.104. The molecule has 0 fully saturated rings. The van der Waals surface area contributed by atoms with Crippen molar-refractivity contribution in [2.75, 3.05) is 5.73 Å². The smallest absolute Gasteiger partial charge is 0.194 e. The Morgan fingerprint density at radius 2 is 1.65 bits per heavy atom. The summed E-state index contributed by atoms with van der Waals surface area (Å²) in [7, 11) is 0. The molecule has 0 saturated carbocycles. The Bertz CT molecular complexity index is 899. The van der Waals surface area contributed by atoms with E-state index in [1.54, 1.807) is 6.07 Å². The first kappa shape index (κ1) is 11.7. The third-order valence-electron chi connectivity index (χ3n) is 3.81. The predicted molar refractivity (Wildman–Crippen MR) is 84.9 cm³/mol. The second kappa shape index (κ2) is 3.93. The highest BCUT2D eigenvalue weighted by molar-refractivity contribution is 9.10. The van der Waals surface area contributed by atoms with Crippen LogP contribution in [-0.4, -0.2) is 5.78 Å². The molecule has 0 saturated heterocycles. The lowest BCUT2D eigenvalue weighted by atomic mass is 9.83. The van der Waals surface area contributed by atoms with E-state index in [2.05, 4.69) is 22.0 Å². The molecular weight excluding hydrogens is 314 g/mol. The summed E-state index contributed by atoms with van der Waals surface area (Å²) in [5, 5.41) is 2.08. The number of benzene rings is 3. The molecule has 20 heavy (non-hydrogen) atoms. The summed E-state index contributed by atoms with van der Waals surface area (Å²) < 4.78 is 1.00. The second-order valence-electron chi connectivity index (χ2n) is 4.96. The molecule has 3 aromatic rings. The minimum atomic E-state index is 0.0449. The van der Waals surface area contributed by atoms with Gasteiger partial charge in [-0.05, 0) is 34.7 Å². The van der Waals surface area contributed by atoms with Gasteiger partial charge in [-0.2, -0.15) is 0 Å². The lowest BCUT2D eigenvalue weighted by Crippen LogP contribution is -2.10. The zero-order valence-corrected chi connectivity index (χ0v) is 12.1. The summed E-state index contributed by atoms with van der Waals surface area (Å²) in [6.07, 6.45) is 0. The van der Waals surface area contributed by atoms with Crippen molar-refractivity contribution < 1.29 is 4.79 Å². The molecule has 4 rings (SSSR count). The van der Waals surface area contributed by atoms with Crippen molar-refractivity contribution in [3.05, 3.63) is 64.1 Å². The van der Waals surface area contributed by atoms with E-state index in [-0.39, 0.29) is 5.78 Å². The molecule has 0 heterocycles. The van der Waals surface area contributed by atoms with Crippen LogP contribution in [-0.2, 0) is 0 Å². The Hall–Kier alpha value is -2.13. The van der Waals surface area contributed by atoms with E-state index in [1.165, 1.54) is 0 Å². The van der Waals surface area contributed by atoms with E-state index in [1.807, 2.05) is 36.4 Å². The highest BCUT2D eigenvalue weighted by Gasteiger charge is 2.25. The van der Waals surface area contributed by atoms with E-state index in [0.717, 1.165) is 31.9 Å². The fraction of sp³-hybridized carbons (Fsp3) is 0. The monoisotopic (exact) mass is 323 g/mol. The van der Waals surface area contributed by atoms with Crippen LogP contribution >= 0.6 is 15.9 Å². The SMILES string of the molecule is Nc1ccc2c(c1)C(=O)c1cccc3c(Br)ccc-2c13. The second-order valence-corrected chi connectivity index (χ2v) is 5.81. The molecular formula is C17H10BrNO. The minimum Gasteiger partial charge on any atom is -0.399 e. The number of rotatable bonds is 0. The van der Waals surface area contributed by atoms with Gasteiger partial charge in [-0.15, -0.1) is 0 Å².